The van der Waals surface area contributed by atoms with Crippen LogP contribution >= 0.6 is 23.2 Å². The van der Waals surface area contributed by atoms with E-state index in [0.29, 0.717) is 34.3 Å². The van der Waals surface area contributed by atoms with Crippen LogP contribution in [-0.2, 0) is 13.1 Å². The van der Waals surface area contributed by atoms with Gasteiger partial charge < -0.3 is 44.9 Å². The van der Waals surface area contributed by atoms with Gasteiger partial charge in [-0.05, 0) is 12.2 Å². The van der Waals surface area contributed by atoms with E-state index in [2.05, 4.69) is 5.16 Å². The maximum absolute atomic E-state index is 11.0. The molecule has 1 amide bonds. The van der Waals surface area contributed by atoms with Crippen molar-refractivity contribution in [2.24, 2.45) is 10.9 Å². The lowest BCUT2D eigenvalue weighted by molar-refractivity contribution is -0.691. The molecule has 0 atom stereocenters. The number of aromatic nitrogens is 2. The van der Waals surface area contributed by atoms with Gasteiger partial charge in [0.25, 0.3) is 0 Å². The Kier molecular flexibility index (Phi) is 11.3. The van der Waals surface area contributed by atoms with Crippen LogP contribution in [0, 0.1) is 0 Å². The van der Waals surface area contributed by atoms with Crippen LogP contribution in [-0.4, -0.2) is 17.3 Å². The minimum Gasteiger partial charge on any atom is -1.00 e. The average Bonchev–Trinajstić information content (AvgIpc) is 2.55. The first-order chi connectivity index (χ1) is 11.5. The second-order valence-electron chi connectivity index (χ2n) is 4.93. The molecule has 0 unspecified atom stereocenters. The van der Waals surface area contributed by atoms with Gasteiger partial charge in [-0.2, -0.15) is 4.57 Å². The molecular weight excluding hydrogens is 511 g/mol. The number of carbonyl (C=O) groups excluding carboxylic acids is 1. The number of nitrogens with two attached hydrogens (primary N) is 1. The van der Waals surface area contributed by atoms with E-state index in [1.807, 2.05) is 21.3 Å². The lowest BCUT2D eigenvalue weighted by atomic mass is 10.2. The molecule has 0 aromatic carbocycles. The lowest BCUT2D eigenvalue weighted by Gasteiger charge is -1.99. The summed E-state index contributed by atoms with van der Waals surface area (Å²) in [6.45, 7) is 1.23. The summed E-state index contributed by atoms with van der Waals surface area (Å²) in [6.07, 6.45) is 12.1. The van der Waals surface area contributed by atoms with Crippen molar-refractivity contribution < 1.29 is 53.1 Å². The zero-order valence-electron chi connectivity index (χ0n) is 13.4. The number of carbonyl (C=O) groups is 1. The van der Waals surface area contributed by atoms with Crippen molar-refractivity contribution in [3.63, 3.8) is 0 Å². The van der Waals surface area contributed by atoms with Crippen LogP contribution in [0.5, 0.6) is 0 Å². The van der Waals surface area contributed by atoms with Gasteiger partial charge in [0, 0.05) is 17.7 Å². The Labute approximate surface area is 182 Å². The fourth-order valence-corrected chi connectivity index (χ4v) is 2.60. The quantitative estimate of drug-likeness (QED) is 0.131. The minimum absolute atomic E-state index is 0. The van der Waals surface area contributed by atoms with Gasteiger partial charge in [-0.3, -0.25) is 4.79 Å². The molecule has 0 aliphatic heterocycles. The van der Waals surface area contributed by atoms with Crippen molar-refractivity contribution in [3.8, 4) is 0 Å². The number of rotatable bonds is 6. The Hall–Kier alpha value is -1.48. The van der Waals surface area contributed by atoms with Gasteiger partial charge in [-0.1, -0.05) is 28.4 Å². The van der Waals surface area contributed by atoms with Gasteiger partial charge in [-0.25, -0.2) is 4.57 Å². The van der Waals surface area contributed by atoms with E-state index >= 15 is 0 Å². The smallest absolute Gasteiger partial charge is 0.249 e. The van der Waals surface area contributed by atoms with Gasteiger partial charge in [-0.15, -0.1) is 0 Å². The molecule has 2 aromatic rings. The summed E-state index contributed by atoms with van der Waals surface area (Å²) < 4.78 is 3.73. The van der Waals surface area contributed by atoms with Gasteiger partial charge >= 0.3 is 0 Å². The van der Waals surface area contributed by atoms with Crippen molar-refractivity contribution in [3.05, 3.63) is 70.2 Å². The fourth-order valence-electron chi connectivity index (χ4n) is 2.00. The topological polar surface area (TPSA) is 83.4 Å². The molecule has 2 aromatic heterocycles. The number of amides is 1. The third-order valence-electron chi connectivity index (χ3n) is 3.23. The number of pyridine rings is 2. The first kappa shape index (κ1) is 24.5. The highest BCUT2D eigenvalue weighted by Gasteiger charge is 2.11. The van der Waals surface area contributed by atoms with Crippen LogP contribution in [0.2, 0.25) is 10.0 Å². The molecule has 0 saturated heterocycles. The van der Waals surface area contributed by atoms with Gasteiger partial charge in [0.05, 0.1) is 11.8 Å². The number of allylic oxidation sites excluding steroid dienone is 2. The summed E-state index contributed by atoms with van der Waals surface area (Å²) in [5.74, 6) is -0.447. The van der Waals surface area contributed by atoms with Crippen molar-refractivity contribution in [1.82, 2.24) is 0 Å². The van der Waals surface area contributed by atoms with Crippen LogP contribution in [0.25, 0.3) is 0 Å². The number of oxime groups is 1. The Morgan fingerprint density at radius 3 is 2.04 bits per heavy atom. The summed E-state index contributed by atoms with van der Waals surface area (Å²) in [5, 5.41) is 12.3. The van der Waals surface area contributed by atoms with Crippen LogP contribution in [0.15, 0.2) is 54.2 Å². The molecule has 3 N–H and O–H groups in total. The van der Waals surface area contributed by atoms with Crippen molar-refractivity contribution in [2.75, 3.05) is 0 Å². The van der Waals surface area contributed by atoms with Crippen LogP contribution in [0.4, 0.5) is 0 Å². The van der Waals surface area contributed by atoms with Gasteiger partial charge in [0.1, 0.15) is 10.0 Å². The normalized spacial score (nSPS) is 10.5. The second kappa shape index (κ2) is 12.0. The monoisotopic (exact) mass is 524 g/mol. The fraction of sp³-hybridized carbons (Fsp3) is 0.125. The van der Waals surface area contributed by atoms with E-state index in [9.17, 15) is 4.79 Å². The Morgan fingerprint density at radius 2 is 1.58 bits per heavy atom. The highest BCUT2D eigenvalue weighted by atomic mass is 79.9. The standard InChI is InChI=1S/C16H14Cl2N4O2.2BrH/c17-14-10-22(11-15(18)13(14)9-20-24)6-2-1-5-21-7-3-12(4-8-21)16(19)23;;/h1-4,7-11H,5-6H2,(H-,19,23);2*1H/b2-1+;;. The molecule has 0 bridgehead atoms. The number of halogens is 4. The number of hydrogen-bond acceptors (Lipinski definition) is 3. The van der Waals surface area contributed by atoms with E-state index in [0.717, 1.165) is 0 Å². The zero-order valence-corrected chi connectivity index (χ0v) is 18.1. The molecule has 140 valence electrons. The van der Waals surface area contributed by atoms with E-state index in [4.69, 9.17) is 34.1 Å². The number of hydrogen-bond donors (Lipinski definition) is 2. The summed E-state index contributed by atoms with van der Waals surface area (Å²) in [4.78, 5) is 11.0. The Morgan fingerprint density at radius 1 is 1.08 bits per heavy atom. The van der Waals surface area contributed by atoms with Crippen LogP contribution in [0.3, 0.4) is 0 Å². The van der Waals surface area contributed by atoms with Crippen LogP contribution < -0.4 is 48.8 Å². The zero-order chi connectivity index (χ0) is 17.5. The molecule has 0 saturated carbocycles. The molecule has 6 nitrogen and oxygen atoms in total. The first-order valence-electron chi connectivity index (χ1n) is 7.00. The molecule has 2 heterocycles. The average molecular weight is 527 g/mol. The molecule has 0 aliphatic rings. The molecule has 26 heavy (non-hydrogen) atoms. The second-order valence-corrected chi connectivity index (χ2v) is 5.74. The van der Waals surface area contributed by atoms with E-state index < -0.39 is 5.91 Å². The molecule has 0 radical (unpaired) electrons. The molecule has 2 rings (SSSR count). The van der Waals surface area contributed by atoms with Gasteiger partial charge in [0.2, 0.25) is 5.91 Å². The molecule has 0 aliphatic carbocycles. The first-order valence-corrected chi connectivity index (χ1v) is 7.76. The predicted octanol–water partition coefficient (Wildman–Crippen LogP) is -4.26. The number of nitrogens with zero attached hydrogens (tertiary/aromatic N) is 3. The summed E-state index contributed by atoms with van der Waals surface area (Å²) >= 11 is 12.2. The molecule has 0 spiro atoms. The minimum atomic E-state index is -0.447. The van der Waals surface area contributed by atoms with E-state index in [-0.39, 0.29) is 34.0 Å². The maximum Gasteiger partial charge on any atom is 0.249 e. The summed E-state index contributed by atoms with van der Waals surface area (Å²) in [7, 11) is 0. The third-order valence-corrected chi connectivity index (χ3v) is 3.84. The molecule has 0 fully saturated rings. The Bertz CT molecular complexity index is 776. The molecular formula is C16H16Br2Cl2N4O2. The maximum atomic E-state index is 11.0. The summed E-state index contributed by atoms with van der Waals surface area (Å²) in [5.41, 5.74) is 6.13. The van der Waals surface area contributed by atoms with Crippen molar-refractivity contribution >= 4 is 35.3 Å². The van der Waals surface area contributed by atoms with Crippen molar-refractivity contribution in [1.29, 1.82) is 0 Å². The predicted molar refractivity (Wildman–Crippen MR) is 90.3 cm³/mol. The molecule has 10 heteroatoms. The lowest BCUT2D eigenvalue weighted by Crippen LogP contribution is -3.00. The summed E-state index contributed by atoms with van der Waals surface area (Å²) in [6, 6.07) is 3.35. The third kappa shape index (κ3) is 7.03. The highest BCUT2D eigenvalue weighted by molar-refractivity contribution is 6.38. The van der Waals surface area contributed by atoms with Crippen molar-refractivity contribution in [2.45, 2.75) is 13.1 Å². The van der Waals surface area contributed by atoms with E-state index in [1.165, 1.54) is 6.21 Å². The Balaban J connectivity index is 0.00000312. The van der Waals surface area contributed by atoms with E-state index in [1.54, 1.807) is 36.9 Å². The van der Waals surface area contributed by atoms with Gasteiger partial charge in [0.15, 0.2) is 37.9 Å². The highest BCUT2D eigenvalue weighted by Crippen LogP contribution is 2.19. The van der Waals surface area contributed by atoms with Crippen LogP contribution in [0.1, 0.15) is 15.9 Å². The number of primary amides is 1. The SMILES string of the molecule is NC(=O)c1cc[n+](C/C=C/C[n+]2cc(Cl)c(/C=N/O)c(Cl)c2)cc1.[Br-].[Br-]. The largest absolute Gasteiger partial charge is 1.00 e.